The molecule has 2 heterocycles. The number of thiophene rings is 1. The number of carbonyl (C=O) groups is 3. The Hall–Kier alpha value is -2.92. The molecule has 172 valence electrons. The quantitative estimate of drug-likeness (QED) is 0.631. The van der Waals surface area contributed by atoms with E-state index in [0.29, 0.717) is 29.1 Å². The van der Waals surface area contributed by atoms with Gasteiger partial charge in [0.25, 0.3) is 0 Å². The summed E-state index contributed by atoms with van der Waals surface area (Å²) < 4.78 is 33.1. The molecule has 0 bridgehead atoms. The minimum Gasteiger partial charge on any atom is -0.465 e. The van der Waals surface area contributed by atoms with E-state index in [1.165, 1.54) is 30.6 Å². The Morgan fingerprint density at radius 2 is 1.88 bits per heavy atom. The Bertz CT molecular complexity index is 1140. The van der Waals surface area contributed by atoms with Crippen molar-refractivity contribution >= 4 is 44.1 Å². The number of anilines is 1. The minimum absolute atomic E-state index is 0.00215. The second-order valence-electron chi connectivity index (χ2n) is 7.21. The molecule has 0 aliphatic carbocycles. The van der Waals surface area contributed by atoms with Crippen molar-refractivity contribution in [2.45, 2.75) is 31.2 Å². The highest BCUT2D eigenvalue weighted by molar-refractivity contribution is 7.90. The van der Waals surface area contributed by atoms with E-state index in [4.69, 9.17) is 9.47 Å². The lowest BCUT2D eigenvalue weighted by Gasteiger charge is -2.26. The van der Waals surface area contributed by atoms with Gasteiger partial charge in [0.15, 0.2) is 9.84 Å². The highest BCUT2D eigenvalue weighted by Crippen LogP contribution is 2.37. The number of hydrogen-bond acceptors (Lipinski definition) is 8. The minimum atomic E-state index is -3.32. The van der Waals surface area contributed by atoms with Gasteiger partial charge in [-0.15, -0.1) is 11.3 Å². The summed E-state index contributed by atoms with van der Waals surface area (Å²) in [4.78, 5) is 39.6. The number of sulfone groups is 1. The number of methoxy groups -OCH3 is 1. The number of nitrogens with one attached hydrogen (secondary N) is 1. The topological polar surface area (TPSA) is 119 Å². The highest BCUT2D eigenvalue weighted by Gasteiger charge is 2.31. The molecule has 1 aromatic heterocycles. The second kappa shape index (κ2) is 9.70. The van der Waals surface area contributed by atoms with E-state index in [1.807, 2.05) is 0 Å². The molecule has 9 nitrogen and oxygen atoms in total. The van der Waals surface area contributed by atoms with Crippen LogP contribution in [0.1, 0.15) is 33.3 Å². The SMILES string of the molecule is CCOC(=O)N1CCc2c(sc(NC(=O)Cc3ccc(S(C)(=O)=O)cc3)c2C(=O)OC)C1. The number of rotatable bonds is 6. The third-order valence-corrected chi connectivity index (χ3v) is 7.20. The lowest BCUT2D eigenvalue weighted by molar-refractivity contribution is -0.115. The Kier molecular flexibility index (Phi) is 7.19. The molecule has 1 aliphatic rings. The fraction of sp³-hybridized carbons (Fsp3) is 0.381. The van der Waals surface area contributed by atoms with E-state index in [0.717, 1.165) is 16.7 Å². The molecular formula is C21H24N2O7S2. The number of nitrogens with zero attached hydrogens (tertiary/aromatic N) is 1. The second-order valence-corrected chi connectivity index (χ2v) is 10.3. The molecule has 2 aromatic rings. The first-order chi connectivity index (χ1) is 15.1. The summed E-state index contributed by atoms with van der Waals surface area (Å²) in [5.74, 6) is -0.914. The van der Waals surface area contributed by atoms with Crippen molar-refractivity contribution in [3.05, 3.63) is 45.8 Å². The van der Waals surface area contributed by atoms with Gasteiger partial charge in [0.2, 0.25) is 5.91 Å². The first-order valence-electron chi connectivity index (χ1n) is 9.87. The Labute approximate surface area is 190 Å². The Morgan fingerprint density at radius 3 is 2.47 bits per heavy atom. The van der Waals surface area contributed by atoms with E-state index in [9.17, 15) is 22.8 Å². The molecule has 0 spiro atoms. The predicted molar refractivity (Wildman–Crippen MR) is 119 cm³/mol. The third kappa shape index (κ3) is 5.28. The molecule has 0 atom stereocenters. The molecule has 0 saturated heterocycles. The maximum atomic E-state index is 12.6. The summed E-state index contributed by atoms with van der Waals surface area (Å²) in [6, 6.07) is 6.05. The van der Waals surface area contributed by atoms with Crippen LogP contribution in [0.15, 0.2) is 29.2 Å². The summed E-state index contributed by atoms with van der Waals surface area (Å²) >= 11 is 1.23. The van der Waals surface area contributed by atoms with Crippen molar-refractivity contribution in [2.75, 3.05) is 31.8 Å². The van der Waals surface area contributed by atoms with Gasteiger partial charge in [0, 0.05) is 17.7 Å². The summed E-state index contributed by atoms with van der Waals surface area (Å²) in [5.41, 5.74) is 1.69. The van der Waals surface area contributed by atoms with Crippen molar-refractivity contribution in [1.82, 2.24) is 4.90 Å². The van der Waals surface area contributed by atoms with Crippen LogP contribution in [0.4, 0.5) is 9.80 Å². The first kappa shape index (κ1) is 23.7. The van der Waals surface area contributed by atoms with Crippen LogP contribution in [0.3, 0.4) is 0 Å². The number of carbonyl (C=O) groups excluding carboxylic acids is 3. The zero-order valence-electron chi connectivity index (χ0n) is 18.0. The molecule has 0 fully saturated rings. The first-order valence-corrected chi connectivity index (χ1v) is 12.6. The van der Waals surface area contributed by atoms with E-state index in [1.54, 1.807) is 24.0 Å². The van der Waals surface area contributed by atoms with Crippen LogP contribution in [-0.4, -0.2) is 57.8 Å². The molecule has 11 heteroatoms. The summed E-state index contributed by atoms with van der Waals surface area (Å²) in [7, 11) is -2.05. The predicted octanol–water partition coefficient (Wildman–Crippen LogP) is 2.63. The average Bonchev–Trinajstić information content (AvgIpc) is 3.09. The third-order valence-electron chi connectivity index (χ3n) is 4.94. The number of fused-ring (bicyclic) bond motifs is 1. The molecule has 2 amide bonds. The van der Waals surface area contributed by atoms with Gasteiger partial charge in [-0.1, -0.05) is 12.1 Å². The molecular weight excluding hydrogens is 456 g/mol. The van der Waals surface area contributed by atoms with Crippen molar-refractivity contribution in [3.63, 3.8) is 0 Å². The average molecular weight is 481 g/mol. The normalized spacial score (nSPS) is 13.3. The van der Waals surface area contributed by atoms with Crippen LogP contribution < -0.4 is 5.32 Å². The van der Waals surface area contributed by atoms with Crippen LogP contribution in [0.2, 0.25) is 0 Å². The Morgan fingerprint density at radius 1 is 1.19 bits per heavy atom. The van der Waals surface area contributed by atoms with Gasteiger partial charge in [0.1, 0.15) is 5.00 Å². The van der Waals surface area contributed by atoms with Crippen LogP contribution in [0.5, 0.6) is 0 Å². The van der Waals surface area contributed by atoms with Crippen LogP contribution in [-0.2, 0) is 43.5 Å². The number of ether oxygens (including phenoxy) is 2. The molecule has 0 radical (unpaired) electrons. The highest BCUT2D eigenvalue weighted by atomic mass is 32.2. The van der Waals surface area contributed by atoms with Crippen LogP contribution in [0.25, 0.3) is 0 Å². The van der Waals surface area contributed by atoms with E-state index >= 15 is 0 Å². The van der Waals surface area contributed by atoms with Crippen molar-refractivity contribution in [3.8, 4) is 0 Å². The number of esters is 1. The van der Waals surface area contributed by atoms with Gasteiger partial charge in [-0.25, -0.2) is 18.0 Å². The number of hydrogen-bond donors (Lipinski definition) is 1. The Balaban J connectivity index is 1.79. The maximum absolute atomic E-state index is 12.6. The van der Waals surface area contributed by atoms with Crippen LogP contribution >= 0.6 is 11.3 Å². The van der Waals surface area contributed by atoms with Gasteiger partial charge in [-0.2, -0.15) is 0 Å². The molecule has 32 heavy (non-hydrogen) atoms. The molecule has 0 unspecified atom stereocenters. The summed E-state index contributed by atoms with van der Waals surface area (Å²) in [5, 5.41) is 3.14. The molecule has 1 aliphatic heterocycles. The maximum Gasteiger partial charge on any atom is 0.410 e. The lowest BCUT2D eigenvalue weighted by atomic mass is 10.0. The van der Waals surface area contributed by atoms with Crippen molar-refractivity contribution in [1.29, 1.82) is 0 Å². The molecule has 3 rings (SSSR count). The largest absolute Gasteiger partial charge is 0.465 e. The molecule has 1 N–H and O–H groups in total. The van der Waals surface area contributed by atoms with Crippen LogP contribution in [0, 0.1) is 0 Å². The van der Waals surface area contributed by atoms with Crippen molar-refractivity contribution < 1.29 is 32.3 Å². The smallest absolute Gasteiger partial charge is 0.410 e. The monoisotopic (exact) mass is 480 g/mol. The van der Waals surface area contributed by atoms with Gasteiger partial charge < -0.3 is 19.7 Å². The summed E-state index contributed by atoms with van der Waals surface area (Å²) in [6.07, 6.45) is 1.14. The molecule has 0 saturated carbocycles. The standard InChI is InChI=1S/C21H24N2O7S2/c1-4-30-21(26)23-10-9-15-16(12-23)31-19(18(15)20(25)29-2)22-17(24)11-13-5-7-14(8-6-13)32(3,27)28/h5-8H,4,9-12H2,1-3H3,(H,22,24). The zero-order valence-corrected chi connectivity index (χ0v) is 19.6. The molecule has 1 aromatic carbocycles. The van der Waals surface area contributed by atoms with Gasteiger partial charge in [-0.05, 0) is 36.6 Å². The number of amides is 2. The summed E-state index contributed by atoms with van der Waals surface area (Å²) in [6.45, 7) is 2.68. The van der Waals surface area contributed by atoms with E-state index in [-0.39, 0.29) is 30.4 Å². The van der Waals surface area contributed by atoms with Gasteiger partial charge in [-0.3, -0.25) is 4.79 Å². The van der Waals surface area contributed by atoms with E-state index in [2.05, 4.69) is 5.32 Å². The van der Waals surface area contributed by atoms with Crippen molar-refractivity contribution in [2.24, 2.45) is 0 Å². The lowest BCUT2D eigenvalue weighted by Crippen LogP contribution is -2.36. The zero-order chi connectivity index (χ0) is 23.5. The van der Waals surface area contributed by atoms with Gasteiger partial charge >= 0.3 is 12.1 Å². The fourth-order valence-electron chi connectivity index (χ4n) is 3.39. The number of benzene rings is 1. The van der Waals surface area contributed by atoms with Gasteiger partial charge in [0.05, 0.1) is 37.1 Å². The fourth-order valence-corrected chi connectivity index (χ4v) is 5.29. The van der Waals surface area contributed by atoms with E-state index < -0.39 is 21.9 Å².